The number of hydrogen-bond acceptors (Lipinski definition) is 3. The number of nitrogens with two attached hydrogens (primary N) is 1. The van der Waals surface area contributed by atoms with Crippen LogP contribution in [0.1, 0.15) is 57.1 Å². The lowest BCUT2D eigenvalue weighted by Crippen LogP contribution is -2.39. The van der Waals surface area contributed by atoms with Crippen molar-refractivity contribution >= 4 is 5.91 Å². The zero-order valence-electron chi connectivity index (χ0n) is 14.0. The number of halogens is 1. The Labute approximate surface area is 137 Å². The van der Waals surface area contributed by atoms with E-state index in [9.17, 15) is 9.18 Å². The molecule has 1 aromatic rings. The van der Waals surface area contributed by atoms with Gasteiger partial charge < -0.3 is 15.8 Å². The van der Waals surface area contributed by atoms with Crippen LogP contribution in [0.15, 0.2) is 18.2 Å². The van der Waals surface area contributed by atoms with Crippen molar-refractivity contribution in [2.45, 2.75) is 51.5 Å². The Hall–Kier alpha value is -1.62. The van der Waals surface area contributed by atoms with Gasteiger partial charge in [-0.25, -0.2) is 4.39 Å². The molecule has 3 N–H and O–H groups in total. The van der Waals surface area contributed by atoms with Crippen LogP contribution >= 0.6 is 0 Å². The average molecular weight is 322 g/mol. The molecule has 1 unspecified atom stereocenters. The van der Waals surface area contributed by atoms with Gasteiger partial charge in [-0.3, -0.25) is 4.79 Å². The van der Waals surface area contributed by atoms with Crippen molar-refractivity contribution in [3.8, 4) is 5.75 Å². The molecule has 0 heterocycles. The van der Waals surface area contributed by atoms with E-state index in [0.717, 1.165) is 25.7 Å². The van der Waals surface area contributed by atoms with E-state index in [4.69, 9.17) is 10.5 Å². The van der Waals surface area contributed by atoms with Gasteiger partial charge in [-0.1, -0.05) is 19.3 Å². The molecule has 4 nitrogen and oxygen atoms in total. The number of nitrogens with one attached hydrogen (secondary N) is 1. The lowest BCUT2D eigenvalue weighted by atomic mass is 9.71. The van der Waals surface area contributed by atoms with E-state index in [1.54, 1.807) is 6.07 Å². The first kappa shape index (κ1) is 17.7. The summed E-state index contributed by atoms with van der Waals surface area (Å²) in [6.07, 6.45) is 5.95. The summed E-state index contributed by atoms with van der Waals surface area (Å²) in [5, 5.41) is 2.96. The van der Waals surface area contributed by atoms with E-state index >= 15 is 0 Å². The summed E-state index contributed by atoms with van der Waals surface area (Å²) < 4.78 is 18.7. The minimum Gasteiger partial charge on any atom is -0.496 e. The van der Waals surface area contributed by atoms with Gasteiger partial charge in [0.05, 0.1) is 13.2 Å². The van der Waals surface area contributed by atoms with Crippen LogP contribution in [-0.2, 0) is 4.79 Å². The zero-order valence-corrected chi connectivity index (χ0v) is 14.0. The van der Waals surface area contributed by atoms with Gasteiger partial charge >= 0.3 is 0 Å². The topological polar surface area (TPSA) is 64.3 Å². The number of benzene rings is 1. The van der Waals surface area contributed by atoms with E-state index in [2.05, 4.69) is 5.32 Å². The van der Waals surface area contributed by atoms with E-state index < -0.39 is 0 Å². The van der Waals surface area contributed by atoms with Crippen LogP contribution in [0.4, 0.5) is 4.39 Å². The molecular formula is C18H27FN2O2. The summed E-state index contributed by atoms with van der Waals surface area (Å²) >= 11 is 0. The van der Waals surface area contributed by atoms with Crippen LogP contribution in [0.25, 0.3) is 0 Å². The molecule has 1 saturated carbocycles. The number of amides is 1. The van der Waals surface area contributed by atoms with Gasteiger partial charge in [0.25, 0.3) is 0 Å². The fraction of sp³-hybridized carbons (Fsp3) is 0.611. The molecular weight excluding hydrogens is 295 g/mol. The van der Waals surface area contributed by atoms with Crippen molar-refractivity contribution in [1.82, 2.24) is 5.32 Å². The van der Waals surface area contributed by atoms with E-state index in [1.807, 2.05) is 6.92 Å². The SMILES string of the molecule is COc1ccc(F)cc1C(C)NC(=O)CC1(CN)CCCCC1. The molecule has 0 aromatic heterocycles. The molecule has 0 spiro atoms. The predicted octanol–water partition coefficient (Wildman–Crippen LogP) is 3.31. The molecule has 0 aliphatic heterocycles. The summed E-state index contributed by atoms with van der Waals surface area (Å²) in [5.41, 5.74) is 6.51. The van der Waals surface area contributed by atoms with Crippen molar-refractivity contribution in [2.24, 2.45) is 11.1 Å². The highest BCUT2D eigenvalue weighted by molar-refractivity contribution is 5.77. The normalized spacial score (nSPS) is 18.3. The molecule has 1 fully saturated rings. The molecule has 128 valence electrons. The van der Waals surface area contributed by atoms with Gasteiger partial charge in [-0.2, -0.15) is 0 Å². The maximum atomic E-state index is 13.5. The Morgan fingerprint density at radius 3 is 2.70 bits per heavy atom. The van der Waals surface area contributed by atoms with Crippen molar-refractivity contribution in [3.05, 3.63) is 29.6 Å². The highest BCUT2D eigenvalue weighted by Gasteiger charge is 2.33. The lowest BCUT2D eigenvalue weighted by molar-refractivity contribution is -0.124. The summed E-state index contributed by atoms with van der Waals surface area (Å²) in [6, 6.07) is 4.02. The Morgan fingerprint density at radius 1 is 1.39 bits per heavy atom. The first-order valence-corrected chi connectivity index (χ1v) is 8.32. The molecule has 0 saturated heterocycles. The maximum Gasteiger partial charge on any atom is 0.221 e. The second-order valence-electron chi connectivity index (χ2n) is 6.62. The van der Waals surface area contributed by atoms with Crippen molar-refractivity contribution in [1.29, 1.82) is 0 Å². The minimum absolute atomic E-state index is 0.0313. The standard InChI is InChI=1S/C18H27FN2O2/c1-13(15-10-14(19)6-7-16(15)23-2)21-17(22)11-18(12-20)8-4-3-5-9-18/h6-7,10,13H,3-5,8-9,11-12,20H2,1-2H3,(H,21,22). The van der Waals surface area contributed by atoms with Gasteiger partial charge in [0, 0.05) is 12.0 Å². The smallest absolute Gasteiger partial charge is 0.221 e. The molecule has 0 bridgehead atoms. The number of methoxy groups -OCH3 is 1. The molecule has 0 radical (unpaired) electrons. The molecule has 1 aromatic carbocycles. The fourth-order valence-corrected chi connectivity index (χ4v) is 3.51. The second-order valence-corrected chi connectivity index (χ2v) is 6.62. The van der Waals surface area contributed by atoms with Gasteiger partial charge in [0.1, 0.15) is 11.6 Å². The van der Waals surface area contributed by atoms with Crippen molar-refractivity contribution < 1.29 is 13.9 Å². The van der Waals surface area contributed by atoms with Crippen LogP contribution < -0.4 is 15.8 Å². The summed E-state index contributed by atoms with van der Waals surface area (Å²) in [6.45, 7) is 2.38. The molecule has 2 rings (SSSR count). The van der Waals surface area contributed by atoms with Gasteiger partial charge in [-0.15, -0.1) is 0 Å². The second kappa shape index (κ2) is 7.77. The number of rotatable bonds is 6. The average Bonchev–Trinajstić information content (AvgIpc) is 2.55. The number of ether oxygens (including phenoxy) is 1. The van der Waals surface area contributed by atoms with Gasteiger partial charge in [-0.05, 0) is 49.9 Å². The Bertz CT molecular complexity index is 542. The minimum atomic E-state index is -0.340. The maximum absolute atomic E-state index is 13.5. The first-order valence-electron chi connectivity index (χ1n) is 8.32. The van der Waals surface area contributed by atoms with Crippen molar-refractivity contribution in [3.63, 3.8) is 0 Å². The van der Waals surface area contributed by atoms with Crippen LogP contribution in [0.3, 0.4) is 0 Å². The summed E-state index contributed by atoms with van der Waals surface area (Å²) in [4.78, 5) is 12.4. The Morgan fingerprint density at radius 2 is 2.09 bits per heavy atom. The largest absolute Gasteiger partial charge is 0.496 e. The Kier molecular flexibility index (Phi) is 5.99. The fourth-order valence-electron chi connectivity index (χ4n) is 3.51. The predicted molar refractivity (Wildman–Crippen MR) is 88.7 cm³/mol. The zero-order chi connectivity index (χ0) is 16.9. The van der Waals surface area contributed by atoms with E-state index in [0.29, 0.717) is 24.3 Å². The third-order valence-corrected chi connectivity index (χ3v) is 4.92. The number of carbonyl (C=O) groups excluding carboxylic acids is 1. The molecule has 1 aliphatic rings. The van der Waals surface area contributed by atoms with Crippen LogP contribution in [0.2, 0.25) is 0 Å². The van der Waals surface area contributed by atoms with Gasteiger partial charge in [0.2, 0.25) is 5.91 Å². The molecule has 5 heteroatoms. The lowest BCUT2D eigenvalue weighted by Gasteiger charge is -2.36. The number of hydrogen-bond donors (Lipinski definition) is 2. The quantitative estimate of drug-likeness (QED) is 0.844. The molecule has 1 amide bonds. The summed E-state index contributed by atoms with van der Waals surface area (Å²) in [7, 11) is 1.54. The number of carbonyl (C=O) groups is 1. The molecule has 23 heavy (non-hydrogen) atoms. The third kappa shape index (κ3) is 4.44. The molecule has 1 aliphatic carbocycles. The monoisotopic (exact) mass is 322 g/mol. The highest BCUT2D eigenvalue weighted by Crippen LogP contribution is 2.38. The van der Waals surface area contributed by atoms with Gasteiger partial charge in [0.15, 0.2) is 0 Å². The van der Waals surface area contributed by atoms with E-state index in [-0.39, 0.29) is 23.2 Å². The van der Waals surface area contributed by atoms with Crippen molar-refractivity contribution in [2.75, 3.05) is 13.7 Å². The highest BCUT2D eigenvalue weighted by atomic mass is 19.1. The van der Waals surface area contributed by atoms with Crippen LogP contribution in [0, 0.1) is 11.2 Å². The van der Waals surface area contributed by atoms with E-state index in [1.165, 1.54) is 25.7 Å². The Balaban J connectivity index is 2.03. The summed E-state index contributed by atoms with van der Waals surface area (Å²) in [5.74, 6) is 0.203. The molecule has 1 atom stereocenters. The van der Waals surface area contributed by atoms with Crippen LogP contribution in [0.5, 0.6) is 5.75 Å². The third-order valence-electron chi connectivity index (χ3n) is 4.92. The first-order chi connectivity index (χ1) is 11.0. The van der Waals surface area contributed by atoms with Crippen LogP contribution in [-0.4, -0.2) is 19.6 Å².